The number of halogens is 1. The van der Waals surface area contributed by atoms with Crippen molar-refractivity contribution in [2.45, 2.75) is 58.0 Å². The van der Waals surface area contributed by atoms with Gasteiger partial charge in [0.1, 0.15) is 0 Å². The Bertz CT molecular complexity index is 672. The second-order valence-electron chi connectivity index (χ2n) is 7.63. The van der Waals surface area contributed by atoms with Gasteiger partial charge in [-0.05, 0) is 25.0 Å². The van der Waals surface area contributed by atoms with Gasteiger partial charge in [0.25, 0.3) is 0 Å². The summed E-state index contributed by atoms with van der Waals surface area (Å²) in [5.41, 5.74) is 3.59. The lowest BCUT2D eigenvalue weighted by molar-refractivity contribution is -0.612. The lowest BCUT2D eigenvalue weighted by atomic mass is 9.93. The molecular formula is C21H28BrN3. The van der Waals surface area contributed by atoms with Crippen LogP contribution >= 0.6 is 0 Å². The maximum absolute atomic E-state index is 8.93. The quantitative estimate of drug-likeness (QED) is 0.709. The van der Waals surface area contributed by atoms with Crippen LogP contribution in [0.5, 0.6) is 0 Å². The highest BCUT2D eigenvalue weighted by atomic mass is 79.9. The Morgan fingerprint density at radius 1 is 1.08 bits per heavy atom. The first-order valence-corrected chi connectivity index (χ1v) is 9.13. The number of rotatable bonds is 3. The third kappa shape index (κ3) is 4.95. The molecule has 1 saturated heterocycles. The van der Waals surface area contributed by atoms with Crippen LogP contribution in [0.15, 0.2) is 36.0 Å². The molecule has 2 heterocycles. The van der Waals surface area contributed by atoms with Gasteiger partial charge in [-0.3, -0.25) is 0 Å². The molecule has 0 aliphatic carbocycles. The van der Waals surface area contributed by atoms with Crippen LogP contribution in [0.2, 0.25) is 0 Å². The summed E-state index contributed by atoms with van der Waals surface area (Å²) in [6, 6.07) is 10.1. The summed E-state index contributed by atoms with van der Waals surface area (Å²) >= 11 is 0. The molecule has 0 N–H and O–H groups in total. The third-order valence-electron chi connectivity index (χ3n) is 5.29. The molecule has 0 spiro atoms. The third-order valence-corrected chi connectivity index (χ3v) is 5.29. The van der Waals surface area contributed by atoms with E-state index < -0.39 is 0 Å². The molecule has 3 rings (SSSR count). The summed E-state index contributed by atoms with van der Waals surface area (Å²) in [5, 5.41) is 8.93. The van der Waals surface area contributed by atoms with E-state index in [1.165, 1.54) is 50.0 Å². The zero-order valence-electron chi connectivity index (χ0n) is 15.3. The predicted molar refractivity (Wildman–Crippen MR) is 98.0 cm³/mol. The Hall–Kier alpha value is -1.60. The van der Waals surface area contributed by atoms with Crippen molar-refractivity contribution in [3.05, 3.63) is 47.2 Å². The molecule has 2 aliphatic heterocycles. The van der Waals surface area contributed by atoms with E-state index in [1.54, 1.807) is 0 Å². The molecule has 3 nitrogen and oxygen atoms in total. The number of nitriles is 1. The van der Waals surface area contributed by atoms with Crippen molar-refractivity contribution in [3.63, 3.8) is 0 Å². The Labute approximate surface area is 162 Å². The number of hydrogen-bond donors (Lipinski definition) is 0. The molecule has 25 heavy (non-hydrogen) atoms. The summed E-state index contributed by atoms with van der Waals surface area (Å²) in [5.74, 6) is 0. The molecule has 0 amide bonds. The van der Waals surface area contributed by atoms with Crippen molar-refractivity contribution in [2.24, 2.45) is 0 Å². The first kappa shape index (κ1) is 19.7. The van der Waals surface area contributed by atoms with E-state index >= 15 is 0 Å². The fraction of sp³-hybridized carbons (Fsp3) is 0.524. The van der Waals surface area contributed by atoms with Gasteiger partial charge in [-0.25, -0.2) is 4.58 Å². The fourth-order valence-corrected chi connectivity index (χ4v) is 3.70. The number of likely N-dealkylation sites (tertiary alicyclic amines) is 1. The Balaban J connectivity index is 0.00000225. The summed E-state index contributed by atoms with van der Waals surface area (Å²) < 4.78 is 2.43. The second-order valence-corrected chi connectivity index (χ2v) is 7.63. The van der Waals surface area contributed by atoms with Gasteiger partial charge in [0.05, 0.1) is 18.1 Å². The van der Waals surface area contributed by atoms with Crippen LogP contribution in [0.3, 0.4) is 0 Å². The highest BCUT2D eigenvalue weighted by molar-refractivity contribution is 5.68. The van der Waals surface area contributed by atoms with Crippen LogP contribution in [0.1, 0.15) is 57.1 Å². The van der Waals surface area contributed by atoms with Crippen molar-refractivity contribution >= 4 is 6.21 Å². The fourth-order valence-electron chi connectivity index (χ4n) is 3.70. The maximum Gasteiger partial charge on any atom is 0.168 e. The maximum atomic E-state index is 8.93. The summed E-state index contributed by atoms with van der Waals surface area (Å²) in [4.78, 5) is 2.60. The first-order valence-electron chi connectivity index (χ1n) is 9.13. The van der Waals surface area contributed by atoms with Crippen LogP contribution < -0.4 is 17.0 Å². The van der Waals surface area contributed by atoms with Gasteiger partial charge in [0, 0.05) is 44.3 Å². The highest BCUT2D eigenvalue weighted by Gasteiger charge is 2.35. The molecule has 0 unspecified atom stereocenters. The van der Waals surface area contributed by atoms with Crippen molar-refractivity contribution < 1.29 is 21.6 Å². The zero-order chi connectivity index (χ0) is 17.0. The topological polar surface area (TPSA) is 30.0 Å². The summed E-state index contributed by atoms with van der Waals surface area (Å²) in [6.45, 7) is 7.98. The van der Waals surface area contributed by atoms with Gasteiger partial charge in [0.15, 0.2) is 18.3 Å². The van der Waals surface area contributed by atoms with Gasteiger partial charge in [-0.15, -0.1) is 0 Å². The minimum atomic E-state index is 0. The minimum Gasteiger partial charge on any atom is -1.00 e. The highest BCUT2D eigenvalue weighted by Crippen LogP contribution is 2.28. The van der Waals surface area contributed by atoms with Crippen LogP contribution in [0.25, 0.3) is 0 Å². The molecule has 0 aromatic heterocycles. The van der Waals surface area contributed by atoms with Gasteiger partial charge in [-0.1, -0.05) is 25.0 Å². The normalized spacial score (nSPS) is 19.8. The second kappa shape index (κ2) is 8.67. The number of benzene rings is 1. The molecule has 1 fully saturated rings. The number of nitrogens with zero attached hydrogens (tertiary/aromatic N) is 3. The van der Waals surface area contributed by atoms with Crippen molar-refractivity contribution in [2.75, 3.05) is 13.1 Å². The molecule has 2 aliphatic rings. The monoisotopic (exact) mass is 401 g/mol. The van der Waals surface area contributed by atoms with Gasteiger partial charge < -0.3 is 21.9 Å². The number of allylic oxidation sites excluding steroid dienone is 1. The minimum absolute atomic E-state index is 0. The largest absolute Gasteiger partial charge is 1.00 e. The average Bonchev–Trinajstić information content (AvgIpc) is 2.86. The standard InChI is InChI=1S/C21H28N3.BrH/c1-21(2)15-20(23-12-5-3-4-6-13-23)11-14-24(21)17-19-9-7-18(16-22)8-10-19;/h7-11,14H,3-6,12-13,15,17H2,1-2H3;1H/q+1;/p-1. The lowest BCUT2D eigenvalue weighted by Crippen LogP contribution is -3.00. The van der Waals surface area contributed by atoms with Crippen molar-refractivity contribution in [1.82, 2.24) is 4.90 Å². The molecule has 1 aromatic carbocycles. The summed E-state index contributed by atoms with van der Waals surface area (Å²) in [6.07, 6.45) is 11.1. The average molecular weight is 402 g/mol. The van der Waals surface area contributed by atoms with E-state index in [-0.39, 0.29) is 22.5 Å². The predicted octanol–water partition coefficient (Wildman–Crippen LogP) is 1.09. The molecule has 134 valence electrons. The zero-order valence-corrected chi connectivity index (χ0v) is 16.9. The smallest absolute Gasteiger partial charge is 0.168 e. The van der Waals surface area contributed by atoms with E-state index in [0.717, 1.165) is 18.5 Å². The van der Waals surface area contributed by atoms with Gasteiger partial charge in [-0.2, -0.15) is 5.26 Å². The van der Waals surface area contributed by atoms with E-state index in [1.807, 2.05) is 12.1 Å². The van der Waals surface area contributed by atoms with Crippen molar-refractivity contribution in [1.29, 1.82) is 5.26 Å². The molecule has 0 atom stereocenters. The molecule has 0 saturated carbocycles. The van der Waals surface area contributed by atoms with E-state index in [2.05, 4.69) is 53.8 Å². The first-order chi connectivity index (χ1) is 11.6. The lowest BCUT2D eigenvalue weighted by Gasteiger charge is -2.33. The number of hydrogen-bond acceptors (Lipinski definition) is 2. The Morgan fingerprint density at radius 3 is 2.28 bits per heavy atom. The van der Waals surface area contributed by atoms with Gasteiger partial charge >= 0.3 is 0 Å². The molecule has 1 aromatic rings. The van der Waals surface area contributed by atoms with Gasteiger partial charge in [0.2, 0.25) is 0 Å². The molecular weight excluding hydrogens is 374 g/mol. The van der Waals surface area contributed by atoms with E-state index in [0.29, 0.717) is 0 Å². The van der Waals surface area contributed by atoms with Crippen LogP contribution in [0.4, 0.5) is 0 Å². The Morgan fingerprint density at radius 2 is 1.72 bits per heavy atom. The SMILES string of the molecule is CC1(C)CC(N2CCCCCC2)=CC=[N+]1Cc1ccc(C#N)cc1.[Br-]. The van der Waals surface area contributed by atoms with E-state index in [9.17, 15) is 0 Å². The summed E-state index contributed by atoms with van der Waals surface area (Å²) in [7, 11) is 0. The van der Waals surface area contributed by atoms with E-state index in [4.69, 9.17) is 5.26 Å². The molecule has 4 heteroatoms. The Kier molecular flexibility index (Phi) is 6.84. The molecule has 0 bridgehead atoms. The van der Waals surface area contributed by atoms with Crippen LogP contribution in [0, 0.1) is 11.3 Å². The van der Waals surface area contributed by atoms with Crippen LogP contribution in [-0.4, -0.2) is 34.3 Å². The molecule has 0 radical (unpaired) electrons. The van der Waals surface area contributed by atoms with Crippen molar-refractivity contribution in [3.8, 4) is 6.07 Å². The van der Waals surface area contributed by atoms with Crippen LogP contribution in [-0.2, 0) is 6.54 Å².